The maximum Gasteiger partial charge on any atom is 0.348 e. The molecule has 1 aromatic heterocycles. The highest BCUT2D eigenvalue weighted by Gasteiger charge is 2.30. The molecule has 0 N–H and O–H groups in total. The van der Waals surface area contributed by atoms with Gasteiger partial charge in [-0.2, -0.15) is 11.8 Å². The van der Waals surface area contributed by atoms with Gasteiger partial charge in [-0.3, -0.25) is 0 Å². The van der Waals surface area contributed by atoms with Crippen molar-refractivity contribution in [2.45, 2.75) is 11.5 Å². The molecule has 0 radical (unpaired) electrons. The molecule has 0 fully saturated rings. The first kappa shape index (κ1) is 11.5. The number of thiophene rings is 1. The first-order valence-electron chi connectivity index (χ1n) is 4.58. The smallest absolute Gasteiger partial charge is 0.348 e. The predicted octanol–water partition coefficient (Wildman–Crippen LogP) is 2.07. The van der Waals surface area contributed by atoms with E-state index in [1.165, 1.54) is 14.2 Å². The Labute approximate surface area is 101 Å². The molecule has 1 aliphatic rings. The van der Waals surface area contributed by atoms with Crippen LogP contribution in [0.2, 0.25) is 0 Å². The zero-order valence-electron chi connectivity index (χ0n) is 8.86. The third-order valence-corrected chi connectivity index (χ3v) is 4.57. The summed E-state index contributed by atoms with van der Waals surface area (Å²) in [6, 6.07) is 0. The molecule has 0 aromatic carbocycles. The second-order valence-electron chi connectivity index (χ2n) is 3.19. The van der Waals surface area contributed by atoms with Crippen molar-refractivity contribution >= 4 is 35.0 Å². The average Bonchev–Trinajstić information content (AvgIpc) is 2.87. The van der Waals surface area contributed by atoms with Gasteiger partial charge in [0.25, 0.3) is 0 Å². The van der Waals surface area contributed by atoms with Gasteiger partial charge >= 0.3 is 11.9 Å². The Hall–Kier alpha value is -1.01. The molecule has 0 atom stereocenters. The lowest BCUT2D eigenvalue weighted by Crippen LogP contribution is -2.00. The number of rotatable bonds is 2. The predicted molar refractivity (Wildman–Crippen MR) is 62.0 cm³/mol. The Morgan fingerprint density at radius 3 is 1.81 bits per heavy atom. The third kappa shape index (κ3) is 1.72. The Morgan fingerprint density at radius 1 is 1.00 bits per heavy atom. The molecular formula is C10H10O4S2. The summed E-state index contributed by atoms with van der Waals surface area (Å²) in [5, 5.41) is 0. The molecule has 86 valence electrons. The summed E-state index contributed by atoms with van der Waals surface area (Å²) in [6.07, 6.45) is 0. The average molecular weight is 258 g/mol. The zero-order valence-corrected chi connectivity index (χ0v) is 10.5. The van der Waals surface area contributed by atoms with Crippen LogP contribution in [-0.4, -0.2) is 26.2 Å². The molecule has 0 saturated carbocycles. The number of carbonyl (C=O) groups is 2. The first-order valence-corrected chi connectivity index (χ1v) is 6.55. The number of thioether (sulfide) groups is 1. The van der Waals surface area contributed by atoms with Crippen LogP contribution < -0.4 is 0 Å². The van der Waals surface area contributed by atoms with Gasteiger partial charge in [-0.25, -0.2) is 9.59 Å². The van der Waals surface area contributed by atoms with Crippen LogP contribution in [0.5, 0.6) is 0 Å². The molecule has 0 amide bonds. The highest BCUT2D eigenvalue weighted by molar-refractivity contribution is 7.98. The molecule has 4 nitrogen and oxygen atoms in total. The molecular weight excluding hydrogens is 248 g/mol. The monoisotopic (exact) mass is 258 g/mol. The molecule has 2 heterocycles. The van der Waals surface area contributed by atoms with Crippen LogP contribution in [0.4, 0.5) is 0 Å². The van der Waals surface area contributed by atoms with Gasteiger partial charge in [-0.1, -0.05) is 0 Å². The second-order valence-corrected chi connectivity index (χ2v) is 5.20. The highest BCUT2D eigenvalue weighted by Crippen LogP contribution is 2.40. The quantitative estimate of drug-likeness (QED) is 0.760. The van der Waals surface area contributed by atoms with E-state index in [1.807, 2.05) is 0 Å². The minimum Gasteiger partial charge on any atom is -0.465 e. The van der Waals surface area contributed by atoms with E-state index >= 15 is 0 Å². The van der Waals surface area contributed by atoms with E-state index in [-0.39, 0.29) is 11.9 Å². The Kier molecular flexibility index (Phi) is 3.20. The molecule has 0 spiro atoms. The Bertz CT molecular complexity index is 411. The van der Waals surface area contributed by atoms with E-state index in [1.54, 1.807) is 11.8 Å². The van der Waals surface area contributed by atoms with Crippen LogP contribution in [0.25, 0.3) is 0 Å². The van der Waals surface area contributed by atoms with Crippen LogP contribution >= 0.6 is 23.1 Å². The normalized spacial score (nSPS) is 13.4. The van der Waals surface area contributed by atoms with Gasteiger partial charge < -0.3 is 9.47 Å². The lowest BCUT2D eigenvalue weighted by molar-refractivity contribution is 0.0598. The fourth-order valence-electron chi connectivity index (χ4n) is 1.57. The maximum absolute atomic E-state index is 11.5. The van der Waals surface area contributed by atoms with Crippen molar-refractivity contribution in [3.8, 4) is 0 Å². The lowest BCUT2D eigenvalue weighted by Gasteiger charge is -1.97. The molecule has 0 aliphatic carbocycles. The molecule has 2 rings (SSSR count). The fraction of sp³-hybridized carbons (Fsp3) is 0.400. The van der Waals surface area contributed by atoms with Crippen molar-refractivity contribution in [3.63, 3.8) is 0 Å². The largest absolute Gasteiger partial charge is 0.465 e. The number of carbonyl (C=O) groups excluding carboxylic acids is 2. The first-order chi connectivity index (χ1) is 7.69. The topological polar surface area (TPSA) is 52.6 Å². The van der Waals surface area contributed by atoms with Gasteiger partial charge in [-0.05, 0) is 11.1 Å². The Balaban J connectivity index is 2.49. The van der Waals surface area contributed by atoms with Crippen molar-refractivity contribution in [1.29, 1.82) is 0 Å². The summed E-state index contributed by atoms with van der Waals surface area (Å²) in [7, 11) is 2.68. The molecule has 1 aromatic rings. The molecule has 0 unspecified atom stereocenters. The number of ether oxygens (including phenoxy) is 2. The van der Waals surface area contributed by atoms with Crippen molar-refractivity contribution in [3.05, 3.63) is 20.9 Å². The summed E-state index contributed by atoms with van der Waals surface area (Å²) in [5.41, 5.74) is 1.87. The van der Waals surface area contributed by atoms with E-state index in [2.05, 4.69) is 0 Å². The van der Waals surface area contributed by atoms with Crippen LogP contribution in [0, 0.1) is 0 Å². The van der Waals surface area contributed by atoms with Crippen LogP contribution in [0.1, 0.15) is 30.5 Å². The summed E-state index contributed by atoms with van der Waals surface area (Å²) in [6.45, 7) is 0. The molecule has 0 bridgehead atoms. The standard InChI is InChI=1S/C10H10O4S2/c1-13-9(11)7-5-3-15-4-6(5)8(16-7)10(12)14-2/h3-4H2,1-2H3. The SMILES string of the molecule is COC(=O)c1sc(C(=O)OC)c2c1CSC2. The van der Waals surface area contributed by atoms with Gasteiger partial charge in [0, 0.05) is 11.5 Å². The number of fused-ring (bicyclic) bond motifs is 1. The fourth-order valence-corrected chi connectivity index (χ4v) is 4.08. The van der Waals surface area contributed by atoms with Gasteiger partial charge in [0.2, 0.25) is 0 Å². The Morgan fingerprint density at radius 2 is 1.44 bits per heavy atom. The van der Waals surface area contributed by atoms with Crippen molar-refractivity contribution < 1.29 is 19.1 Å². The van der Waals surface area contributed by atoms with Crippen LogP contribution in [0.3, 0.4) is 0 Å². The maximum atomic E-state index is 11.5. The minimum absolute atomic E-state index is 0.376. The number of esters is 2. The van der Waals surface area contributed by atoms with Crippen LogP contribution in [-0.2, 0) is 21.0 Å². The number of methoxy groups -OCH3 is 2. The van der Waals surface area contributed by atoms with E-state index in [0.29, 0.717) is 9.75 Å². The highest BCUT2D eigenvalue weighted by atomic mass is 32.2. The van der Waals surface area contributed by atoms with Crippen molar-refractivity contribution in [2.75, 3.05) is 14.2 Å². The van der Waals surface area contributed by atoms with Crippen molar-refractivity contribution in [1.82, 2.24) is 0 Å². The number of hydrogen-bond acceptors (Lipinski definition) is 6. The van der Waals surface area contributed by atoms with E-state index in [9.17, 15) is 9.59 Å². The zero-order chi connectivity index (χ0) is 11.7. The summed E-state index contributed by atoms with van der Waals surface area (Å²) < 4.78 is 9.40. The van der Waals surface area contributed by atoms with Crippen LogP contribution in [0.15, 0.2) is 0 Å². The lowest BCUT2D eigenvalue weighted by atomic mass is 10.1. The van der Waals surface area contributed by atoms with Gasteiger partial charge in [0.1, 0.15) is 9.75 Å². The third-order valence-electron chi connectivity index (χ3n) is 2.35. The molecule has 16 heavy (non-hydrogen) atoms. The van der Waals surface area contributed by atoms with Gasteiger partial charge in [0.15, 0.2) is 0 Å². The minimum atomic E-state index is -0.376. The van der Waals surface area contributed by atoms with Gasteiger partial charge in [-0.15, -0.1) is 11.3 Å². The number of hydrogen-bond donors (Lipinski definition) is 0. The summed E-state index contributed by atoms with van der Waals surface area (Å²) >= 11 is 2.85. The van der Waals surface area contributed by atoms with E-state index in [4.69, 9.17) is 9.47 Å². The molecule has 6 heteroatoms. The van der Waals surface area contributed by atoms with Gasteiger partial charge in [0.05, 0.1) is 14.2 Å². The van der Waals surface area contributed by atoms with Crippen molar-refractivity contribution in [2.24, 2.45) is 0 Å². The van der Waals surface area contributed by atoms with E-state index in [0.717, 1.165) is 34.0 Å². The molecule has 1 aliphatic heterocycles. The molecule has 0 saturated heterocycles. The second kappa shape index (κ2) is 4.47. The summed E-state index contributed by atoms with van der Waals surface area (Å²) in [5.74, 6) is 0.762. The summed E-state index contributed by atoms with van der Waals surface area (Å²) in [4.78, 5) is 24.1. The van der Waals surface area contributed by atoms with E-state index < -0.39 is 0 Å².